The van der Waals surface area contributed by atoms with Crippen molar-refractivity contribution in [3.63, 3.8) is 0 Å². The lowest BCUT2D eigenvalue weighted by Gasteiger charge is -2.32. The van der Waals surface area contributed by atoms with E-state index in [0.717, 1.165) is 72.4 Å². The summed E-state index contributed by atoms with van der Waals surface area (Å²) in [5, 5.41) is 7.02. The molecule has 272 valence electrons. The third kappa shape index (κ3) is 5.57. The Labute approximate surface area is 337 Å². The molecular formula is C56H37NO. The number of hydrogen-bond acceptors (Lipinski definition) is 2. The van der Waals surface area contributed by atoms with E-state index in [9.17, 15) is 0 Å². The average molecular weight is 740 g/mol. The van der Waals surface area contributed by atoms with E-state index in [1.165, 1.54) is 32.7 Å². The molecule has 0 bridgehead atoms. The van der Waals surface area contributed by atoms with Gasteiger partial charge in [0.1, 0.15) is 11.2 Å². The van der Waals surface area contributed by atoms with E-state index in [-0.39, 0.29) is 0 Å². The lowest BCUT2D eigenvalue weighted by Crippen LogP contribution is -2.14. The van der Waals surface area contributed by atoms with Gasteiger partial charge in [-0.05, 0) is 68.2 Å². The Morgan fingerprint density at radius 1 is 0.293 bits per heavy atom. The molecule has 0 aliphatic rings. The predicted octanol–water partition coefficient (Wildman–Crippen LogP) is 16.0. The Kier molecular flexibility index (Phi) is 8.19. The third-order valence-electron chi connectivity index (χ3n) is 11.5. The van der Waals surface area contributed by atoms with Crippen molar-refractivity contribution in [2.24, 2.45) is 0 Å². The monoisotopic (exact) mass is 739 g/mol. The molecule has 0 N–H and O–H groups in total. The molecule has 0 amide bonds. The molecule has 0 spiro atoms. The molecule has 1 aromatic heterocycles. The molecule has 0 saturated heterocycles. The number of hydrogen-bond donors (Lipinski definition) is 0. The van der Waals surface area contributed by atoms with Crippen LogP contribution in [0.1, 0.15) is 0 Å². The van der Waals surface area contributed by atoms with Crippen molar-refractivity contribution in [3.05, 3.63) is 224 Å². The van der Waals surface area contributed by atoms with Crippen molar-refractivity contribution in [1.82, 2.24) is 0 Å². The molecule has 11 rings (SSSR count). The first-order valence-electron chi connectivity index (χ1n) is 19.9. The summed E-state index contributed by atoms with van der Waals surface area (Å²) >= 11 is 0. The predicted molar refractivity (Wildman–Crippen MR) is 245 cm³/mol. The Hall–Kier alpha value is -7.68. The van der Waals surface area contributed by atoms with Crippen LogP contribution < -0.4 is 4.90 Å². The van der Waals surface area contributed by atoms with E-state index in [2.05, 4.69) is 223 Å². The van der Waals surface area contributed by atoms with Crippen molar-refractivity contribution in [2.75, 3.05) is 4.90 Å². The van der Waals surface area contributed by atoms with E-state index < -0.39 is 0 Å². The molecule has 1 heterocycles. The van der Waals surface area contributed by atoms with E-state index in [0.29, 0.717) is 0 Å². The van der Waals surface area contributed by atoms with E-state index in [4.69, 9.17) is 4.42 Å². The minimum atomic E-state index is 0.882. The fourth-order valence-corrected chi connectivity index (χ4v) is 8.90. The lowest BCUT2D eigenvalue weighted by molar-refractivity contribution is 0.670. The Balaban J connectivity index is 1.29. The summed E-state index contributed by atoms with van der Waals surface area (Å²) in [6.45, 7) is 0. The molecule has 0 aliphatic carbocycles. The smallest absolute Gasteiger partial charge is 0.143 e. The highest BCUT2D eigenvalue weighted by atomic mass is 16.3. The van der Waals surface area contributed by atoms with Gasteiger partial charge in [0, 0.05) is 32.8 Å². The van der Waals surface area contributed by atoms with Gasteiger partial charge < -0.3 is 9.32 Å². The summed E-state index contributed by atoms with van der Waals surface area (Å²) in [6.07, 6.45) is 0. The molecule has 11 aromatic rings. The van der Waals surface area contributed by atoms with Gasteiger partial charge >= 0.3 is 0 Å². The largest absolute Gasteiger partial charge is 0.455 e. The third-order valence-corrected chi connectivity index (χ3v) is 11.5. The van der Waals surface area contributed by atoms with Crippen molar-refractivity contribution in [2.45, 2.75) is 0 Å². The summed E-state index contributed by atoms with van der Waals surface area (Å²) in [7, 11) is 0. The van der Waals surface area contributed by atoms with Crippen LogP contribution in [0.25, 0.3) is 88.0 Å². The SMILES string of the molecule is c1ccc(-c2ccccc2-c2c(-c3ccccc3)cccc2N(c2ccccc2-c2cccc3c2oc2ccccc23)c2cc3ccccc3c3ccccc23)cc1. The van der Waals surface area contributed by atoms with Crippen molar-refractivity contribution >= 4 is 60.5 Å². The second kappa shape index (κ2) is 14.1. The highest BCUT2D eigenvalue weighted by Gasteiger charge is 2.27. The first-order chi connectivity index (χ1) is 28.8. The molecule has 0 aliphatic heterocycles. The summed E-state index contributed by atoms with van der Waals surface area (Å²) in [4.78, 5) is 2.51. The Morgan fingerprint density at radius 2 is 0.810 bits per heavy atom. The number of furan rings is 1. The standard InChI is InChI=1S/C56H37NO/c1-3-19-38(20-4-1)41-24-9-12-30-48(41)55-43(39-21-5-2-6-22-39)31-18-35-52(55)57(53-37-40-23-7-8-25-42(40)44-26-10-11-27-45(44)53)51-34-15-13-28-46(51)49-32-17-33-50-47-29-14-16-36-54(47)58-56(49)50/h1-37H. The number of anilines is 3. The van der Waals surface area contributed by atoms with Gasteiger partial charge in [-0.25, -0.2) is 0 Å². The maximum Gasteiger partial charge on any atom is 0.143 e. The number of benzene rings is 10. The van der Waals surface area contributed by atoms with Crippen molar-refractivity contribution < 1.29 is 4.42 Å². The molecule has 0 saturated carbocycles. The zero-order chi connectivity index (χ0) is 38.4. The molecule has 0 atom stereocenters. The van der Waals surface area contributed by atoms with Gasteiger partial charge in [0.25, 0.3) is 0 Å². The molecule has 0 fully saturated rings. The van der Waals surface area contributed by atoms with Crippen LogP contribution in [0.15, 0.2) is 229 Å². The highest BCUT2D eigenvalue weighted by Crippen LogP contribution is 2.52. The van der Waals surface area contributed by atoms with Crippen LogP contribution in [0.5, 0.6) is 0 Å². The van der Waals surface area contributed by atoms with Crippen LogP contribution in [-0.4, -0.2) is 0 Å². The molecule has 10 aromatic carbocycles. The van der Waals surface area contributed by atoms with E-state index in [1.54, 1.807) is 0 Å². The van der Waals surface area contributed by atoms with Gasteiger partial charge in [0.15, 0.2) is 0 Å². The second-order valence-electron chi connectivity index (χ2n) is 14.8. The topological polar surface area (TPSA) is 16.4 Å². The van der Waals surface area contributed by atoms with Crippen LogP contribution in [-0.2, 0) is 0 Å². The van der Waals surface area contributed by atoms with Gasteiger partial charge in [-0.15, -0.1) is 0 Å². The van der Waals surface area contributed by atoms with Crippen LogP contribution in [0, 0.1) is 0 Å². The zero-order valence-corrected chi connectivity index (χ0v) is 31.7. The number of nitrogens with zero attached hydrogens (tertiary/aromatic N) is 1. The van der Waals surface area contributed by atoms with Gasteiger partial charge in [-0.1, -0.05) is 200 Å². The fourth-order valence-electron chi connectivity index (χ4n) is 8.90. The number of fused-ring (bicyclic) bond motifs is 6. The van der Waals surface area contributed by atoms with Crippen molar-refractivity contribution in [3.8, 4) is 44.5 Å². The minimum Gasteiger partial charge on any atom is -0.455 e. The molecule has 58 heavy (non-hydrogen) atoms. The van der Waals surface area contributed by atoms with Crippen LogP contribution in [0.2, 0.25) is 0 Å². The second-order valence-corrected chi connectivity index (χ2v) is 14.8. The van der Waals surface area contributed by atoms with Gasteiger partial charge in [0.2, 0.25) is 0 Å². The summed E-state index contributed by atoms with van der Waals surface area (Å²) in [6, 6.07) is 80.8. The van der Waals surface area contributed by atoms with Crippen LogP contribution in [0.3, 0.4) is 0 Å². The number of rotatable bonds is 7. The normalized spacial score (nSPS) is 11.4. The number of para-hydroxylation sites is 3. The molecule has 2 heteroatoms. The Morgan fingerprint density at radius 3 is 1.60 bits per heavy atom. The van der Waals surface area contributed by atoms with Crippen LogP contribution in [0.4, 0.5) is 17.1 Å². The lowest BCUT2D eigenvalue weighted by atomic mass is 9.87. The molecule has 2 nitrogen and oxygen atoms in total. The van der Waals surface area contributed by atoms with Crippen LogP contribution >= 0.6 is 0 Å². The molecular weight excluding hydrogens is 703 g/mol. The van der Waals surface area contributed by atoms with E-state index >= 15 is 0 Å². The molecule has 0 radical (unpaired) electrons. The zero-order valence-electron chi connectivity index (χ0n) is 31.7. The van der Waals surface area contributed by atoms with E-state index in [1.807, 2.05) is 6.07 Å². The minimum absolute atomic E-state index is 0.882. The first-order valence-corrected chi connectivity index (χ1v) is 19.9. The molecule has 0 unspecified atom stereocenters. The van der Waals surface area contributed by atoms with Crippen molar-refractivity contribution in [1.29, 1.82) is 0 Å². The fraction of sp³-hybridized carbons (Fsp3) is 0. The maximum absolute atomic E-state index is 6.73. The van der Waals surface area contributed by atoms with Gasteiger partial charge in [0.05, 0.1) is 17.1 Å². The van der Waals surface area contributed by atoms with Gasteiger partial charge in [-0.3, -0.25) is 0 Å². The Bertz CT molecular complexity index is 3290. The van der Waals surface area contributed by atoms with Gasteiger partial charge in [-0.2, -0.15) is 0 Å². The first kappa shape index (κ1) is 33.6. The average Bonchev–Trinajstić information content (AvgIpc) is 3.69. The summed E-state index contributed by atoms with van der Waals surface area (Å²) in [5.74, 6) is 0. The highest BCUT2D eigenvalue weighted by molar-refractivity contribution is 6.17. The maximum atomic E-state index is 6.73. The quantitative estimate of drug-likeness (QED) is 0.151. The summed E-state index contributed by atoms with van der Waals surface area (Å²) in [5.41, 5.74) is 14.1. The summed E-state index contributed by atoms with van der Waals surface area (Å²) < 4.78 is 6.73.